The lowest BCUT2D eigenvalue weighted by atomic mass is 9.88. The van der Waals surface area contributed by atoms with E-state index in [-0.39, 0.29) is 18.5 Å². The number of nitrogens with zero attached hydrogens (tertiary/aromatic N) is 1. The van der Waals surface area contributed by atoms with Gasteiger partial charge in [0.05, 0.1) is 35.0 Å². The van der Waals surface area contributed by atoms with Crippen LogP contribution in [0, 0.1) is 0 Å². The first-order valence-corrected chi connectivity index (χ1v) is 12.5. The van der Waals surface area contributed by atoms with Gasteiger partial charge in [-0.15, -0.1) is 0 Å². The Bertz CT molecular complexity index is 1230. The summed E-state index contributed by atoms with van der Waals surface area (Å²) in [5, 5.41) is 3.72. The molecule has 0 saturated carbocycles. The number of benzene rings is 3. The average Bonchev–Trinajstić information content (AvgIpc) is 2.93. The van der Waals surface area contributed by atoms with Crippen LogP contribution in [0.5, 0.6) is 23.0 Å². The molecule has 0 aromatic heterocycles. The lowest BCUT2D eigenvalue weighted by Crippen LogP contribution is -2.43. The minimum absolute atomic E-state index is 0.0313. The van der Waals surface area contributed by atoms with Crippen molar-refractivity contribution >= 4 is 17.5 Å². The van der Waals surface area contributed by atoms with Crippen molar-refractivity contribution in [2.45, 2.75) is 25.4 Å². The highest BCUT2D eigenvalue weighted by Gasteiger charge is 2.30. The van der Waals surface area contributed by atoms with E-state index >= 15 is 0 Å². The van der Waals surface area contributed by atoms with Crippen LogP contribution in [-0.4, -0.2) is 52.3 Å². The van der Waals surface area contributed by atoms with Crippen molar-refractivity contribution in [3.05, 3.63) is 81.9 Å². The third kappa shape index (κ3) is 6.29. The summed E-state index contributed by atoms with van der Waals surface area (Å²) in [5.41, 5.74) is 4.41. The number of amides is 1. The molecule has 1 amide bonds. The summed E-state index contributed by atoms with van der Waals surface area (Å²) in [5.74, 6) is 2.71. The smallest absolute Gasteiger partial charge is 0.234 e. The third-order valence-corrected chi connectivity index (χ3v) is 6.99. The molecule has 1 atom stereocenters. The molecule has 1 heterocycles. The first-order valence-electron chi connectivity index (χ1n) is 12.2. The Hall–Kier alpha value is -3.42. The summed E-state index contributed by atoms with van der Waals surface area (Å²) in [6, 6.07) is 17.5. The fourth-order valence-electron chi connectivity index (χ4n) is 4.78. The maximum atomic E-state index is 13.0. The Balaban J connectivity index is 1.59. The van der Waals surface area contributed by atoms with E-state index in [1.54, 1.807) is 28.4 Å². The standard InChI is InChI=1S/C29H33ClN2O5/c1-34-25-10-7-20(14-26(25)35-2)13-24-23-16-28(37-4)27(36-3)15-21(23)11-12-32(24)18-29(33)31-17-19-5-8-22(30)9-6-19/h5-10,14-16,24H,11-13,17-18H2,1-4H3,(H,31,33). The Kier molecular flexibility index (Phi) is 8.79. The summed E-state index contributed by atoms with van der Waals surface area (Å²) >= 11 is 5.98. The molecule has 0 fully saturated rings. The minimum atomic E-state index is -0.0389. The van der Waals surface area contributed by atoms with Crippen molar-refractivity contribution in [3.8, 4) is 23.0 Å². The topological polar surface area (TPSA) is 69.3 Å². The first-order chi connectivity index (χ1) is 17.9. The first kappa shape index (κ1) is 26.6. The number of hydrogen-bond donors (Lipinski definition) is 1. The van der Waals surface area contributed by atoms with Crippen molar-refractivity contribution in [2.24, 2.45) is 0 Å². The largest absolute Gasteiger partial charge is 0.493 e. The molecule has 8 heteroatoms. The molecule has 3 aromatic carbocycles. The summed E-state index contributed by atoms with van der Waals surface area (Å²) in [4.78, 5) is 15.2. The molecule has 0 bridgehead atoms. The number of rotatable bonds is 10. The van der Waals surface area contributed by atoms with Gasteiger partial charge in [-0.2, -0.15) is 0 Å². The highest BCUT2D eigenvalue weighted by molar-refractivity contribution is 6.30. The highest BCUT2D eigenvalue weighted by Crippen LogP contribution is 2.40. The van der Waals surface area contributed by atoms with Crippen LogP contribution >= 0.6 is 11.6 Å². The van der Waals surface area contributed by atoms with E-state index in [0.717, 1.165) is 29.7 Å². The fraction of sp³-hybridized carbons (Fsp3) is 0.345. The van der Waals surface area contributed by atoms with Crippen LogP contribution in [0.3, 0.4) is 0 Å². The van der Waals surface area contributed by atoms with Gasteiger partial charge >= 0.3 is 0 Å². The Labute approximate surface area is 223 Å². The summed E-state index contributed by atoms with van der Waals surface area (Å²) in [6.45, 7) is 1.47. The van der Waals surface area contributed by atoms with E-state index in [1.165, 1.54) is 5.56 Å². The predicted molar refractivity (Wildman–Crippen MR) is 144 cm³/mol. The van der Waals surface area contributed by atoms with E-state index in [4.69, 9.17) is 30.5 Å². The number of halogens is 1. The van der Waals surface area contributed by atoms with Gasteiger partial charge in [-0.3, -0.25) is 9.69 Å². The van der Waals surface area contributed by atoms with E-state index in [0.29, 0.717) is 41.0 Å². The van der Waals surface area contributed by atoms with Gasteiger partial charge in [-0.05, 0) is 71.5 Å². The molecule has 0 spiro atoms. The van der Waals surface area contributed by atoms with Gasteiger partial charge in [0.15, 0.2) is 23.0 Å². The van der Waals surface area contributed by atoms with Gasteiger partial charge in [0, 0.05) is 24.2 Å². The SMILES string of the molecule is COc1ccc(CC2c3cc(OC)c(OC)cc3CCN2CC(=O)NCc2ccc(Cl)cc2)cc1OC. The zero-order valence-electron chi connectivity index (χ0n) is 21.7. The molecular formula is C29H33ClN2O5. The van der Waals surface area contributed by atoms with E-state index in [1.807, 2.05) is 54.6 Å². The van der Waals surface area contributed by atoms with Crippen LogP contribution < -0.4 is 24.3 Å². The van der Waals surface area contributed by atoms with Crippen molar-refractivity contribution in [3.63, 3.8) is 0 Å². The fourth-order valence-corrected chi connectivity index (χ4v) is 4.91. The number of nitrogens with one attached hydrogen (secondary N) is 1. The zero-order valence-corrected chi connectivity index (χ0v) is 22.4. The number of hydrogen-bond acceptors (Lipinski definition) is 6. The molecule has 196 valence electrons. The van der Waals surface area contributed by atoms with E-state index in [2.05, 4.69) is 10.2 Å². The van der Waals surface area contributed by atoms with Gasteiger partial charge in [0.25, 0.3) is 0 Å². The number of carbonyl (C=O) groups is 1. The Morgan fingerprint density at radius 3 is 2.16 bits per heavy atom. The predicted octanol–water partition coefficient (Wildman–Crippen LogP) is 4.83. The minimum Gasteiger partial charge on any atom is -0.493 e. The van der Waals surface area contributed by atoms with Crippen molar-refractivity contribution in [2.75, 3.05) is 41.5 Å². The molecule has 1 unspecified atom stereocenters. The summed E-state index contributed by atoms with van der Waals surface area (Å²) in [7, 11) is 6.54. The van der Waals surface area contributed by atoms with Crippen LogP contribution in [0.4, 0.5) is 0 Å². The van der Waals surface area contributed by atoms with Crippen molar-refractivity contribution in [1.29, 1.82) is 0 Å². The lowest BCUT2D eigenvalue weighted by Gasteiger charge is -2.37. The van der Waals surface area contributed by atoms with Gasteiger partial charge < -0.3 is 24.3 Å². The van der Waals surface area contributed by atoms with Crippen LogP contribution in [0.1, 0.15) is 28.3 Å². The maximum Gasteiger partial charge on any atom is 0.234 e. The molecule has 37 heavy (non-hydrogen) atoms. The Morgan fingerprint density at radius 2 is 1.49 bits per heavy atom. The number of fused-ring (bicyclic) bond motifs is 1. The van der Waals surface area contributed by atoms with Gasteiger partial charge in [0.2, 0.25) is 5.91 Å². The zero-order chi connectivity index (χ0) is 26.4. The number of ether oxygens (including phenoxy) is 4. The quantitative estimate of drug-likeness (QED) is 0.409. The molecule has 4 rings (SSSR count). The molecule has 1 aliphatic heterocycles. The normalized spacial score (nSPS) is 15.0. The molecule has 1 N–H and O–H groups in total. The monoisotopic (exact) mass is 524 g/mol. The molecule has 3 aromatic rings. The molecule has 7 nitrogen and oxygen atoms in total. The molecule has 0 aliphatic carbocycles. The van der Waals surface area contributed by atoms with Gasteiger partial charge in [-0.1, -0.05) is 29.8 Å². The summed E-state index contributed by atoms with van der Waals surface area (Å²) < 4.78 is 22.1. The molecule has 1 aliphatic rings. The molecule has 0 radical (unpaired) electrons. The second kappa shape index (κ2) is 12.2. The van der Waals surface area contributed by atoms with Crippen LogP contribution in [0.25, 0.3) is 0 Å². The van der Waals surface area contributed by atoms with Gasteiger partial charge in [0.1, 0.15) is 0 Å². The Morgan fingerprint density at radius 1 is 0.865 bits per heavy atom. The van der Waals surface area contributed by atoms with E-state index in [9.17, 15) is 4.79 Å². The van der Waals surface area contributed by atoms with Gasteiger partial charge in [-0.25, -0.2) is 0 Å². The average molecular weight is 525 g/mol. The lowest BCUT2D eigenvalue weighted by molar-refractivity contribution is -0.123. The van der Waals surface area contributed by atoms with Crippen molar-refractivity contribution < 1.29 is 23.7 Å². The van der Waals surface area contributed by atoms with Crippen LogP contribution in [-0.2, 0) is 24.2 Å². The highest BCUT2D eigenvalue weighted by atomic mass is 35.5. The molecule has 0 saturated heterocycles. The number of methoxy groups -OCH3 is 4. The third-order valence-electron chi connectivity index (χ3n) is 6.74. The molecular weight excluding hydrogens is 492 g/mol. The van der Waals surface area contributed by atoms with Crippen LogP contribution in [0.2, 0.25) is 5.02 Å². The van der Waals surface area contributed by atoms with Crippen molar-refractivity contribution in [1.82, 2.24) is 10.2 Å². The number of carbonyl (C=O) groups excluding carboxylic acids is 1. The van der Waals surface area contributed by atoms with E-state index < -0.39 is 0 Å². The second-order valence-electron chi connectivity index (χ2n) is 8.94. The maximum absolute atomic E-state index is 13.0. The second-order valence-corrected chi connectivity index (χ2v) is 9.38. The van der Waals surface area contributed by atoms with Crippen LogP contribution in [0.15, 0.2) is 54.6 Å². The summed E-state index contributed by atoms with van der Waals surface area (Å²) in [6.07, 6.45) is 1.50.